The monoisotopic (exact) mass is 352 g/mol. The van der Waals surface area contributed by atoms with Crippen molar-refractivity contribution < 1.29 is 9.53 Å². The van der Waals surface area contributed by atoms with Crippen LogP contribution in [-0.2, 0) is 4.79 Å². The Balaban J connectivity index is 1.56. The first-order valence-electron chi connectivity index (χ1n) is 7.67. The molecule has 1 amide bonds. The smallest absolute Gasteiger partial charge is 0.221 e. The molecule has 1 aliphatic carbocycles. The molecule has 5 heteroatoms. The molecule has 0 spiro atoms. The maximum Gasteiger partial charge on any atom is 0.221 e. The van der Waals surface area contributed by atoms with E-state index < -0.39 is 0 Å². The van der Waals surface area contributed by atoms with Crippen molar-refractivity contribution in [3.8, 4) is 5.75 Å². The molecule has 0 aromatic heterocycles. The van der Waals surface area contributed by atoms with E-state index in [1.165, 1.54) is 5.56 Å². The van der Waals surface area contributed by atoms with E-state index in [1.54, 1.807) is 0 Å². The fraction of sp³-hybridized carbons (Fsp3) is 0.562. The maximum atomic E-state index is 11.7. The minimum atomic E-state index is 0.158. The predicted molar refractivity (Wildman–Crippen MR) is 85.4 cm³/mol. The number of hydrogen-bond donors (Lipinski definition) is 2. The molecule has 2 aliphatic rings. The van der Waals surface area contributed by atoms with Crippen LogP contribution in [0.25, 0.3) is 0 Å². The number of amides is 1. The van der Waals surface area contributed by atoms with Crippen molar-refractivity contribution in [2.45, 2.75) is 44.2 Å². The van der Waals surface area contributed by atoms with Crippen LogP contribution in [0.2, 0.25) is 0 Å². The average Bonchev–Trinajstić information content (AvgIpc) is 3.26. The van der Waals surface area contributed by atoms with Gasteiger partial charge in [-0.25, -0.2) is 0 Å². The summed E-state index contributed by atoms with van der Waals surface area (Å²) in [7, 11) is 0. The van der Waals surface area contributed by atoms with Crippen molar-refractivity contribution in [3.05, 3.63) is 28.2 Å². The number of hydrogen-bond acceptors (Lipinski definition) is 3. The third-order valence-electron chi connectivity index (χ3n) is 3.93. The molecule has 4 nitrogen and oxygen atoms in total. The lowest BCUT2D eigenvalue weighted by Crippen LogP contribution is -2.30. The van der Waals surface area contributed by atoms with Gasteiger partial charge in [0, 0.05) is 35.1 Å². The van der Waals surface area contributed by atoms with Crippen LogP contribution < -0.4 is 15.4 Å². The number of nitrogens with one attached hydrogen (secondary N) is 2. The SMILES string of the molecule is O=C(CCNC1CCCOc2cc(Br)ccc21)NC1CC1. The summed E-state index contributed by atoms with van der Waals surface area (Å²) >= 11 is 3.48. The van der Waals surface area contributed by atoms with Gasteiger partial charge in [0.2, 0.25) is 5.91 Å². The highest BCUT2D eigenvalue weighted by Crippen LogP contribution is 2.33. The zero-order chi connectivity index (χ0) is 14.7. The van der Waals surface area contributed by atoms with Gasteiger partial charge in [-0.2, -0.15) is 0 Å². The van der Waals surface area contributed by atoms with Gasteiger partial charge >= 0.3 is 0 Å². The third kappa shape index (κ3) is 4.20. The molecular weight excluding hydrogens is 332 g/mol. The highest BCUT2D eigenvalue weighted by molar-refractivity contribution is 9.10. The Hall–Kier alpha value is -1.07. The van der Waals surface area contributed by atoms with Crippen molar-refractivity contribution >= 4 is 21.8 Å². The Morgan fingerprint density at radius 2 is 2.19 bits per heavy atom. The predicted octanol–water partition coefficient (Wildman–Crippen LogP) is 2.92. The van der Waals surface area contributed by atoms with E-state index in [9.17, 15) is 4.79 Å². The minimum Gasteiger partial charge on any atom is -0.493 e. The molecule has 1 aromatic carbocycles. The van der Waals surface area contributed by atoms with Crippen LogP contribution in [0.15, 0.2) is 22.7 Å². The molecule has 1 heterocycles. The topological polar surface area (TPSA) is 50.4 Å². The first-order chi connectivity index (χ1) is 10.2. The summed E-state index contributed by atoms with van der Waals surface area (Å²) in [5, 5.41) is 6.53. The lowest BCUT2D eigenvalue weighted by molar-refractivity contribution is -0.121. The van der Waals surface area contributed by atoms with Gasteiger partial charge in [0.1, 0.15) is 5.75 Å². The summed E-state index contributed by atoms with van der Waals surface area (Å²) in [6, 6.07) is 6.88. The van der Waals surface area contributed by atoms with Crippen molar-refractivity contribution in [1.82, 2.24) is 10.6 Å². The lowest BCUT2D eigenvalue weighted by atomic mass is 10.0. The Kier molecular flexibility index (Phi) is 4.80. The van der Waals surface area contributed by atoms with Crippen LogP contribution in [0.4, 0.5) is 0 Å². The van der Waals surface area contributed by atoms with Gasteiger partial charge in [0.25, 0.3) is 0 Å². The Bertz CT molecular complexity index is 517. The average molecular weight is 353 g/mol. The Morgan fingerprint density at radius 1 is 1.33 bits per heavy atom. The number of carbonyl (C=O) groups excluding carboxylic acids is 1. The molecule has 0 saturated heterocycles. The second-order valence-electron chi connectivity index (χ2n) is 5.77. The Morgan fingerprint density at radius 3 is 3.00 bits per heavy atom. The summed E-state index contributed by atoms with van der Waals surface area (Å²) in [6.07, 6.45) is 4.89. The second kappa shape index (κ2) is 6.79. The fourth-order valence-corrected chi connectivity index (χ4v) is 2.99. The third-order valence-corrected chi connectivity index (χ3v) is 4.42. The number of carbonyl (C=O) groups is 1. The van der Waals surface area contributed by atoms with Gasteiger partial charge in [-0.1, -0.05) is 22.0 Å². The quantitative estimate of drug-likeness (QED) is 0.856. The summed E-state index contributed by atoms with van der Waals surface area (Å²) in [6.45, 7) is 1.46. The minimum absolute atomic E-state index is 0.158. The standard InChI is InChI=1S/C16H21BrN2O2/c17-11-3-6-13-14(2-1-9-21-15(13)10-11)18-8-7-16(20)19-12-4-5-12/h3,6,10,12,14,18H,1-2,4-5,7-9H2,(H,19,20). The molecule has 1 fully saturated rings. The number of halogens is 1. The zero-order valence-corrected chi connectivity index (χ0v) is 13.6. The number of fused-ring (bicyclic) bond motifs is 1. The van der Waals surface area contributed by atoms with E-state index in [2.05, 4.69) is 32.6 Å². The van der Waals surface area contributed by atoms with Crippen molar-refractivity contribution in [1.29, 1.82) is 0 Å². The van der Waals surface area contributed by atoms with E-state index in [-0.39, 0.29) is 11.9 Å². The number of benzene rings is 1. The molecule has 1 aliphatic heterocycles. The van der Waals surface area contributed by atoms with E-state index in [0.717, 1.165) is 42.5 Å². The summed E-state index contributed by atoms with van der Waals surface area (Å²) in [5.41, 5.74) is 1.19. The van der Waals surface area contributed by atoms with Gasteiger partial charge in [0.05, 0.1) is 6.61 Å². The highest BCUT2D eigenvalue weighted by Gasteiger charge is 2.23. The molecule has 1 saturated carbocycles. The first kappa shape index (κ1) is 14.9. The van der Waals surface area contributed by atoms with Crippen LogP contribution in [0.3, 0.4) is 0 Å². The molecule has 21 heavy (non-hydrogen) atoms. The largest absolute Gasteiger partial charge is 0.493 e. The van der Waals surface area contributed by atoms with Gasteiger partial charge in [-0.05, 0) is 37.8 Å². The van der Waals surface area contributed by atoms with Gasteiger partial charge < -0.3 is 15.4 Å². The maximum absolute atomic E-state index is 11.7. The normalized spacial score (nSPS) is 21.1. The summed E-state index contributed by atoms with van der Waals surface area (Å²) in [4.78, 5) is 11.7. The van der Waals surface area contributed by atoms with Crippen LogP contribution >= 0.6 is 15.9 Å². The molecule has 1 unspecified atom stereocenters. The van der Waals surface area contributed by atoms with Crippen LogP contribution in [0.1, 0.15) is 43.7 Å². The molecule has 1 atom stereocenters. The van der Waals surface area contributed by atoms with E-state index in [0.29, 0.717) is 19.0 Å². The molecule has 3 rings (SSSR count). The molecule has 0 radical (unpaired) electrons. The first-order valence-corrected chi connectivity index (χ1v) is 8.46. The van der Waals surface area contributed by atoms with Crippen molar-refractivity contribution in [3.63, 3.8) is 0 Å². The van der Waals surface area contributed by atoms with Crippen LogP contribution in [-0.4, -0.2) is 25.1 Å². The van der Waals surface area contributed by atoms with E-state index in [1.807, 2.05) is 12.1 Å². The lowest BCUT2D eigenvalue weighted by Gasteiger charge is -2.18. The van der Waals surface area contributed by atoms with Crippen molar-refractivity contribution in [2.24, 2.45) is 0 Å². The second-order valence-corrected chi connectivity index (χ2v) is 6.69. The van der Waals surface area contributed by atoms with E-state index in [4.69, 9.17) is 4.74 Å². The molecule has 2 N–H and O–H groups in total. The van der Waals surface area contributed by atoms with Gasteiger partial charge in [-0.15, -0.1) is 0 Å². The molecule has 114 valence electrons. The highest BCUT2D eigenvalue weighted by atomic mass is 79.9. The van der Waals surface area contributed by atoms with Crippen molar-refractivity contribution in [2.75, 3.05) is 13.2 Å². The number of ether oxygens (including phenoxy) is 1. The fourth-order valence-electron chi connectivity index (χ4n) is 2.65. The summed E-state index contributed by atoms with van der Waals surface area (Å²) < 4.78 is 6.83. The van der Waals surface area contributed by atoms with Crippen LogP contribution in [0.5, 0.6) is 5.75 Å². The van der Waals surface area contributed by atoms with Gasteiger partial charge in [0.15, 0.2) is 0 Å². The zero-order valence-electron chi connectivity index (χ0n) is 12.0. The van der Waals surface area contributed by atoms with E-state index >= 15 is 0 Å². The summed E-state index contributed by atoms with van der Waals surface area (Å²) in [5.74, 6) is 1.10. The van der Waals surface area contributed by atoms with Gasteiger partial charge in [-0.3, -0.25) is 4.79 Å². The molecule has 1 aromatic rings. The number of rotatable bonds is 5. The molecular formula is C16H21BrN2O2. The molecule has 0 bridgehead atoms. The van der Waals surface area contributed by atoms with Crippen LogP contribution in [0, 0.1) is 0 Å². The Labute approximate surface area is 133 Å².